The molecule has 0 aromatic heterocycles. The van der Waals surface area contributed by atoms with Gasteiger partial charge in [-0.1, -0.05) is 36.4 Å². The Bertz CT molecular complexity index is 825. The Morgan fingerprint density at radius 3 is 2.46 bits per heavy atom. The van der Waals surface area contributed by atoms with Gasteiger partial charge in [-0.2, -0.15) is 0 Å². The van der Waals surface area contributed by atoms with Crippen LogP contribution in [0.25, 0.3) is 10.8 Å². The summed E-state index contributed by atoms with van der Waals surface area (Å²) >= 11 is 0. The normalized spacial score (nSPS) is 15.9. The Kier molecular flexibility index (Phi) is 6.87. The zero-order valence-corrected chi connectivity index (χ0v) is 17.1. The van der Waals surface area contributed by atoms with Gasteiger partial charge in [0.05, 0.1) is 6.54 Å². The minimum absolute atomic E-state index is 0.0993. The van der Waals surface area contributed by atoms with E-state index in [1.807, 2.05) is 20.9 Å². The first-order chi connectivity index (χ1) is 13.5. The molecule has 2 aromatic rings. The van der Waals surface area contributed by atoms with E-state index >= 15 is 0 Å². The van der Waals surface area contributed by atoms with Gasteiger partial charge in [-0.05, 0) is 36.2 Å². The molecule has 150 valence electrons. The fraction of sp³-hybridized carbons (Fsp3) is 0.455. The number of nitrogens with one attached hydrogen (secondary N) is 2. The van der Waals surface area contributed by atoms with Crippen molar-refractivity contribution in [2.24, 2.45) is 4.99 Å². The average Bonchev–Trinajstić information content (AvgIpc) is 2.69. The summed E-state index contributed by atoms with van der Waals surface area (Å²) in [7, 11) is 1.82. The molecule has 1 heterocycles. The molecular weight excluding hydrogens is 350 g/mol. The van der Waals surface area contributed by atoms with Gasteiger partial charge in [0.25, 0.3) is 0 Å². The van der Waals surface area contributed by atoms with Crippen LogP contribution < -0.4 is 10.6 Å². The van der Waals surface area contributed by atoms with Crippen LogP contribution in [0, 0.1) is 0 Å². The van der Waals surface area contributed by atoms with Crippen molar-refractivity contribution in [3.63, 3.8) is 0 Å². The molecule has 2 aromatic carbocycles. The second-order valence-corrected chi connectivity index (χ2v) is 7.57. The molecule has 2 N–H and O–H groups in total. The average molecular weight is 382 g/mol. The first-order valence-electron chi connectivity index (χ1n) is 10.00. The molecule has 0 unspecified atom stereocenters. The molecule has 0 aliphatic carbocycles. The molecule has 1 aliphatic rings. The lowest BCUT2D eigenvalue weighted by Crippen LogP contribution is -2.54. The van der Waals surface area contributed by atoms with Gasteiger partial charge in [-0.25, -0.2) is 0 Å². The quantitative estimate of drug-likeness (QED) is 0.615. The van der Waals surface area contributed by atoms with Crippen LogP contribution >= 0.6 is 0 Å². The minimum atomic E-state index is 0.0993. The summed E-state index contributed by atoms with van der Waals surface area (Å²) in [6.07, 6.45) is 0. The van der Waals surface area contributed by atoms with Gasteiger partial charge < -0.3 is 15.5 Å². The number of hydrogen-bond donors (Lipinski definition) is 2. The van der Waals surface area contributed by atoms with E-state index in [1.165, 1.54) is 16.3 Å². The number of benzene rings is 2. The molecule has 28 heavy (non-hydrogen) atoms. The maximum absolute atomic E-state index is 11.9. The van der Waals surface area contributed by atoms with Crippen LogP contribution in [0.2, 0.25) is 0 Å². The van der Waals surface area contributed by atoms with Crippen LogP contribution in [-0.2, 0) is 11.3 Å². The summed E-state index contributed by atoms with van der Waals surface area (Å²) in [5.41, 5.74) is 1.24. The van der Waals surface area contributed by atoms with Crippen molar-refractivity contribution >= 4 is 22.6 Å². The smallest absolute Gasteiger partial charge is 0.234 e. The Morgan fingerprint density at radius 1 is 1.07 bits per heavy atom. The third-order valence-corrected chi connectivity index (χ3v) is 4.97. The number of rotatable bonds is 5. The highest BCUT2D eigenvalue weighted by Crippen LogP contribution is 2.15. The molecule has 0 spiro atoms. The molecule has 0 radical (unpaired) electrons. The van der Waals surface area contributed by atoms with E-state index in [0.717, 1.165) is 38.7 Å². The highest BCUT2D eigenvalue weighted by molar-refractivity contribution is 5.83. The maximum atomic E-state index is 11.9. The molecular formula is C22H31N5O. The Morgan fingerprint density at radius 2 is 1.79 bits per heavy atom. The lowest BCUT2D eigenvalue weighted by Gasteiger charge is -2.36. The Hall–Kier alpha value is -2.60. The van der Waals surface area contributed by atoms with Crippen LogP contribution in [-0.4, -0.2) is 67.5 Å². The molecule has 1 aliphatic heterocycles. The number of guanidine groups is 1. The topological polar surface area (TPSA) is 60.0 Å². The monoisotopic (exact) mass is 381 g/mol. The van der Waals surface area contributed by atoms with Gasteiger partial charge in [0.15, 0.2) is 5.96 Å². The summed E-state index contributed by atoms with van der Waals surface area (Å²) in [6.45, 7) is 8.65. The van der Waals surface area contributed by atoms with Gasteiger partial charge in [0, 0.05) is 45.8 Å². The fourth-order valence-corrected chi connectivity index (χ4v) is 3.55. The van der Waals surface area contributed by atoms with Gasteiger partial charge >= 0.3 is 0 Å². The summed E-state index contributed by atoms with van der Waals surface area (Å²) in [5, 5.41) is 8.95. The van der Waals surface area contributed by atoms with E-state index in [2.05, 4.69) is 67.9 Å². The number of amides is 1. The van der Waals surface area contributed by atoms with E-state index in [-0.39, 0.29) is 11.9 Å². The molecule has 0 saturated carbocycles. The number of fused-ring (bicyclic) bond motifs is 1. The molecule has 1 saturated heterocycles. The van der Waals surface area contributed by atoms with Crippen molar-refractivity contribution in [3.05, 3.63) is 48.0 Å². The largest absolute Gasteiger partial charge is 0.353 e. The number of hydrogen-bond acceptors (Lipinski definition) is 3. The number of carbonyl (C=O) groups excluding carboxylic acids is 1. The van der Waals surface area contributed by atoms with Crippen molar-refractivity contribution in [1.82, 2.24) is 20.4 Å². The lowest BCUT2D eigenvalue weighted by atomic mass is 10.1. The van der Waals surface area contributed by atoms with Crippen LogP contribution in [0.3, 0.4) is 0 Å². The van der Waals surface area contributed by atoms with Crippen LogP contribution in [0.4, 0.5) is 0 Å². The highest BCUT2D eigenvalue weighted by Gasteiger charge is 2.21. The number of nitrogens with zero attached hydrogens (tertiary/aromatic N) is 3. The Balaban J connectivity index is 1.50. The first kappa shape index (κ1) is 20.1. The van der Waals surface area contributed by atoms with Crippen LogP contribution in [0.5, 0.6) is 0 Å². The molecule has 6 heteroatoms. The predicted octanol–water partition coefficient (Wildman–Crippen LogP) is 2.06. The molecule has 3 rings (SSSR count). The van der Waals surface area contributed by atoms with Crippen LogP contribution in [0.15, 0.2) is 47.5 Å². The number of carbonyl (C=O) groups is 1. The van der Waals surface area contributed by atoms with Gasteiger partial charge in [0.2, 0.25) is 5.91 Å². The standard InChI is InChI=1S/C22H31N5O/c1-17(2)25-21(28)16-26-10-12-27(13-11-26)22(23-3)24-15-18-8-9-19-6-4-5-7-20(19)14-18/h4-9,14,17H,10-13,15-16H2,1-3H3,(H,23,24)(H,25,28). The lowest BCUT2D eigenvalue weighted by molar-refractivity contribution is -0.123. The SMILES string of the molecule is CN=C(NCc1ccc2ccccc2c1)N1CCN(CC(=O)NC(C)C)CC1. The second-order valence-electron chi connectivity index (χ2n) is 7.57. The van der Waals surface area contributed by atoms with E-state index in [0.29, 0.717) is 6.54 Å². The fourth-order valence-electron chi connectivity index (χ4n) is 3.55. The third kappa shape index (κ3) is 5.45. The summed E-state index contributed by atoms with van der Waals surface area (Å²) in [5.74, 6) is 1.02. The number of aliphatic imine (C=N–C) groups is 1. The van der Waals surface area contributed by atoms with Crippen molar-refractivity contribution in [2.45, 2.75) is 26.4 Å². The highest BCUT2D eigenvalue weighted by atomic mass is 16.2. The summed E-state index contributed by atoms with van der Waals surface area (Å²) in [4.78, 5) is 20.9. The predicted molar refractivity (Wildman–Crippen MR) is 115 cm³/mol. The first-order valence-corrected chi connectivity index (χ1v) is 10.00. The van der Waals surface area contributed by atoms with E-state index in [9.17, 15) is 4.79 Å². The second kappa shape index (κ2) is 9.55. The van der Waals surface area contributed by atoms with E-state index in [1.54, 1.807) is 0 Å². The molecule has 1 fully saturated rings. The zero-order chi connectivity index (χ0) is 19.9. The minimum Gasteiger partial charge on any atom is -0.353 e. The molecule has 0 bridgehead atoms. The van der Waals surface area contributed by atoms with Crippen molar-refractivity contribution in [1.29, 1.82) is 0 Å². The van der Waals surface area contributed by atoms with Crippen molar-refractivity contribution in [2.75, 3.05) is 39.8 Å². The molecule has 0 atom stereocenters. The third-order valence-electron chi connectivity index (χ3n) is 4.97. The molecule has 1 amide bonds. The van der Waals surface area contributed by atoms with Crippen molar-refractivity contribution in [3.8, 4) is 0 Å². The van der Waals surface area contributed by atoms with Crippen LogP contribution in [0.1, 0.15) is 19.4 Å². The zero-order valence-electron chi connectivity index (χ0n) is 17.1. The van der Waals surface area contributed by atoms with E-state index < -0.39 is 0 Å². The van der Waals surface area contributed by atoms with Gasteiger partial charge in [0.1, 0.15) is 0 Å². The van der Waals surface area contributed by atoms with Gasteiger partial charge in [-0.15, -0.1) is 0 Å². The Labute approximate surface area is 167 Å². The van der Waals surface area contributed by atoms with Gasteiger partial charge in [-0.3, -0.25) is 14.7 Å². The van der Waals surface area contributed by atoms with E-state index in [4.69, 9.17) is 0 Å². The summed E-state index contributed by atoms with van der Waals surface area (Å²) < 4.78 is 0. The maximum Gasteiger partial charge on any atom is 0.234 e. The van der Waals surface area contributed by atoms with Crippen molar-refractivity contribution < 1.29 is 4.79 Å². The molecule has 6 nitrogen and oxygen atoms in total. The number of piperazine rings is 1. The summed E-state index contributed by atoms with van der Waals surface area (Å²) in [6, 6.07) is 15.1.